The number of rotatable bonds is 7. The Balaban J connectivity index is 2.26. The van der Waals surface area contributed by atoms with Gasteiger partial charge in [-0.15, -0.1) is 11.3 Å². The molecule has 0 saturated carbocycles. The van der Waals surface area contributed by atoms with Crippen LogP contribution in [0.1, 0.15) is 57.4 Å². The van der Waals surface area contributed by atoms with Crippen molar-refractivity contribution in [3.63, 3.8) is 0 Å². The number of hydrogen-bond donors (Lipinski definition) is 1. The molecule has 0 aromatic carbocycles. The molecule has 1 aromatic rings. The zero-order valence-electron chi connectivity index (χ0n) is 12.9. The highest BCUT2D eigenvalue weighted by atomic mass is 35.5. The molecule has 114 valence electrons. The maximum absolute atomic E-state index is 6.17. The molecule has 1 saturated heterocycles. The lowest BCUT2D eigenvalue weighted by Gasteiger charge is -2.44. The maximum Gasteiger partial charge on any atom is 0.0931 e. The van der Waals surface area contributed by atoms with Crippen LogP contribution in [0.25, 0.3) is 0 Å². The van der Waals surface area contributed by atoms with Gasteiger partial charge in [0.05, 0.1) is 10.4 Å². The quantitative estimate of drug-likeness (QED) is 0.784. The number of nitrogens with one attached hydrogen (secondary N) is 1. The Kier molecular flexibility index (Phi) is 5.91. The van der Waals surface area contributed by atoms with Crippen LogP contribution in [0, 0.1) is 0 Å². The summed E-state index contributed by atoms with van der Waals surface area (Å²) in [6.07, 6.45) is 4.99. The molecule has 2 rings (SSSR count). The summed E-state index contributed by atoms with van der Waals surface area (Å²) in [5, 5.41) is 3.78. The normalized spacial score (nSPS) is 21.0. The average molecular weight is 315 g/mol. The number of nitrogens with zero attached hydrogens (tertiary/aromatic N) is 1. The van der Waals surface area contributed by atoms with Crippen LogP contribution < -0.4 is 5.32 Å². The van der Waals surface area contributed by atoms with E-state index in [9.17, 15) is 0 Å². The van der Waals surface area contributed by atoms with Crippen LogP contribution in [0.4, 0.5) is 0 Å². The molecular weight excluding hydrogens is 288 g/mol. The van der Waals surface area contributed by atoms with E-state index in [0.29, 0.717) is 6.04 Å². The Bertz CT molecular complexity index is 414. The van der Waals surface area contributed by atoms with Gasteiger partial charge in [-0.05, 0) is 64.4 Å². The number of likely N-dealkylation sites (tertiary alicyclic amines) is 1. The van der Waals surface area contributed by atoms with Gasteiger partial charge in [0.15, 0.2) is 0 Å². The zero-order valence-corrected chi connectivity index (χ0v) is 14.5. The highest BCUT2D eigenvalue weighted by molar-refractivity contribution is 7.16. The molecule has 2 atom stereocenters. The average Bonchev–Trinajstić information content (AvgIpc) is 3.10. The minimum Gasteiger partial charge on any atom is -0.308 e. The second-order valence-electron chi connectivity index (χ2n) is 5.93. The van der Waals surface area contributed by atoms with Crippen molar-refractivity contribution in [2.75, 3.05) is 19.6 Å². The van der Waals surface area contributed by atoms with Crippen LogP contribution in [-0.2, 0) is 0 Å². The van der Waals surface area contributed by atoms with Crippen LogP contribution in [0.2, 0.25) is 4.34 Å². The minimum atomic E-state index is 0.180. The molecule has 1 N–H and O–H groups in total. The summed E-state index contributed by atoms with van der Waals surface area (Å²) in [4.78, 5) is 4.05. The van der Waals surface area contributed by atoms with Gasteiger partial charge in [0, 0.05) is 10.4 Å². The molecule has 20 heavy (non-hydrogen) atoms. The molecule has 0 radical (unpaired) electrons. The van der Waals surface area contributed by atoms with Crippen molar-refractivity contribution in [2.24, 2.45) is 0 Å². The number of thiophene rings is 1. The Morgan fingerprint density at radius 3 is 2.55 bits per heavy atom. The summed E-state index contributed by atoms with van der Waals surface area (Å²) in [5.74, 6) is 0. The largest absolute Gasteiger partial charge is 0.308 e. The van der Waals surface area contributed by atoms with Crippen LogP contribution in [-0.4, -0.2) is 30.1 Å². The van der Waals surface area contributed by atoms with Gasteiger partial charge in [0.1, 0.15) is 0 Å². The van der Waals surface area contributed by atoms with Gasteiger partial charge in [-0.2, -0.15) is 0 Å². The smallest absolute Gasteiger partial charge is 0.0931 e. The van der Waals surface area contributed by atoms with Crippen molar-refractivity contribution in [3.05, 3.63) is 21.3 Å². The number of halogens is 1. The van der Waals surface area contributed by atoms with Crippen LogP contribution >= 0.6 is 22.9 Å². The lowest BCUT2D eigenvalue weighted by molar-refractivity contribution is 0.0853. The molecule has 4 heteroatoms. The molecule has 0 spiro atoms. The van der Waals surface area contributed by atoms with Gasteiger partial charge >= 0.3 is 0 Å². The third kappa shape index (κ3) is 3.38. The molecule has 1 aromatic heterocycles. The first-order chi connectivity index (χ1) is 9.61. The second kappa shape index (κ2) is 7.26. The second-order valence-corrected chi connectivity index (χ2v) is 7.68. The van der Waals surface area contributed by atoms with Gasteiger partial charge in [0.2, 0.25) is 0 Å². The summed E-state index contributed by atoms with van der Waals surface area (Å²) < 4.78 is 0.892. The van der Waals surface area contributed by atoms with Gasteiger partial charge in [-0.1, -0.05) is 25.4 Å². The minimum absolute atomic E-state index is 0.180. The fourth-order valence-electron chi connectivity index (χ4n) is 3.24. The topological polar surface area (TPSA) is 15.3 Å². The summed E-state index contributed by atoms with van der Waals surface area (Å²) in [7, 11) is 0. The van der Waals surface area contributed by atoms with Gasteiger partial charge in [0.25, 0.3) is 0 Å². The van der Waals surface area contributed by atoms with Crippen LogP contribution in [0.5, 0.6) is 0 Å². The molecular formula is C16H27ClN2S. The highest BCUT2D eigenvalue weighted by Gasteiger charge is 2.40. The van der Waals surface area contributed by atoms with Crippen molar-refractivity contribution >= 4 is 22.9 Å². The molecule has 0 amide bonds. The molecule has 2 unspecified atom stereocenters. The Labute approximate surface area is 132 Å². The first-order valence-corrected chi connectivity index (χ1v) is 9.05. The Hall–Kier alpha value is -0.0900. The van der Waals surface area contributed by atoms with E-state index in [-0.39, 0.29) is 5.54 Å². The SMILES string of the molecule is CCCNC(c1ccc(Cl)s1)C(C)(CC)N1CCCC1. The van der Waals surface area contributed by atoms with Crippen molar-refractivity contribution < 1.29 is 0 Å². The fourth-order valence-corrected chi connectivity index (χ4v) is 4.52. The Morgan fingerprint density at radius 2 is 2.05 bits per heavy atom. The van der Waals surface area contributed by atoms with Crippen LogP contribution in [0.15, 0.2) is 12.1 Å². The van der Waals surface area contributed by atoms with Crippen molar-refractivity contribution in [1.29, 1.82) is 0 Å². The zero-order chi connectivity index (χ0) is 14.6. The molecule has 0 bridgehead atoms. The van der Waals surface area contributed by atoms with Crippen molar-refractivity contribution in [1.82, 2.24) is 10.2 Å². The standard InChI is InChI=1S/C16H27ClN2S/c1-4-10-18-15(13-8-9-14(17)20-13)16(3,5-2)19-11-6-7-12-19/h8-9,15,18H,4-7,10-12H2,1-3H3. The number of hydrogen-bond acceptors (Lipinski definition) is 3. The lowest BCUT2D eigenvalue weighted by Crippen LogP contribution is -2.53. The van der Waals surface area contributed by atoms with E-state index in [1.807, 2.05) is 6.07 Å². The molecule has 1 aliphatic heterocycles. The van der Waals surface area contributed by atoms with E-state index in [4.69, 9.17) is 11.6 Å². The summed E-state index contributed by atoms with van der Waals surface area (Å²) >= 11 is 7.89. The highest BCUT2D eigenvalue weighted by Crippen LogP contribution is 2.39. The first-order valence-electron chi connectivity index (χ1n) is 7.85. The molecule has 2 nitrogen and oxygen atoms in total. The third-order valence-electron chi connectivity index (χ3n) is 4.64. The van der Waals surface area contributed by atoms with Gasteiger partial charge in [-0.3, -0.25) is 4.90 Å². The molecule has 1 aliphatic rings. The summed E-state index contributed by atoms with van der Waals surface area (Å²) in [6.45, 7) is 10.5. The summed E-state index contributed by atoms with van der Waals surface area (Å²) in [5.41, 5.74) is 0.180. The van der Waals surface area contributed by atoms with E-state index in [2.05, 4.69) is 37.1 Å². The van der Waals surface area contributed by atoms with E-state index in [1.165, 1.54) is 30.8 Å². The van der Waals surface area contributed by atoms with E-state index in [1.54, 1.807) is 11.3 Å². The molecule has 2 heterocycles. The Morgan fingerprint density at radius 1 is 1.35 bits per heavy atom. The van der Waals surface area contributed by atoms with E-state index >= 15 is 0 Å². The van der Waals surface area contributed by atoms with E-state index in [0.717, 1.165) is 23.7 Å². The van der Waals surface area contributed by atoms with E-state index < -0.39 is 0 Å². The molecule has 0 aliphatic carbocycles. The maximum atomic E-state index is 6.17. The monoisotopic (exact) mass is 314 g/mol. The fraction of sp³-hybridized carbons (Fsp3) is 0.750. The molecule has 1 fully saturated rings. The van der Waals surface area contributed by atoms with Crippen LogP contribution in [0.3, 0.4) is 0 Å². The lowest BCUT2D eigenvalue weighted by atomic mass is 9.86. The summed E-state index contributed by atoms with van der Waals surface area (Å²) in [6, 6.07) is 4.61. The predicted molar refractivity (Wildman–Crippen MR) is 89.9 cm³/mol. The van der Waals surface area contributed by atoms with Crippen molar-refractivity contribution in [3.8, 4) is 0 Å². The van der Waals surface area contributed by atoms with Gasteiger partial charge in [-0.25, -0.2) is 0 Å². The van der Waals surface area contributed by atoms with Crippen molar-refractivity contribution in [2.45, 2.75) is 58.0 Å². The predicted octanol–water partition coefficient (Wildman–Crippen LogP) is 4.71. The van der Waals surface area contributed by atoms with Gasteiger partial charge < -0.3 is 5.32 Å². The first kappa shape index (κ1) is 16.3. The third-order valence-corrected chi connectivity index (χ3v) is 5.94.